The molecule has 100 valence electrons. The van der Waals surface area contributed by atoms with Crippen LogP contribution in [0, 0.1) is 5.82 Å². The van der Waals surface area contributed by atoms with Crippen molar-refractivity contribution in [3.8, 4) is 5.75 Å². The van der Waals surface area contributed by atoms with Gasteiger partial charge in [0.1, 0.15) is 5.82 Å². The SMILES string of the molecule is COc1cc(C(=O)N(C)Cc2ncc[nH]2)ccc1F. The van der Waals surface area contributed by atoms with E-state index in [0.717, 1.165) is 0 Å². The number of hydrogen-bond donors (Lipinski definition) is 1. The Bertz CT molecular complexity index is 569. The van der Waals surface area contributed by atoms with Crippen LogP contribution >= 0.6 is 0 Å². The average molecular weight is 263 g/mol. The Morgan fingerprint density at radius 1 is 1.53 bits per heavy atom. The van der Waals surface area contributed by atoms with Gasteiger partial charge in [0.15, 0.2) is 11.6 Å². The lowest BCUT2D eigenvalue weighted by Crippen LogP contribution is -2.26. The number of carbonyl (C=O) groups is 1. The molecule has 19 heavy (non-hydrogen) atoms. The Labute approximate surface area is 110 Å². The number of nitrogens with one attached hydrogen (secondary N) is 1. The lowest BCUT2D eigenvalue weighted by atomic mass is 10.2. The molecule has 0 aliphatic heterocycles. The summed E-state index contributed by atoms with van der Waals surface area (Å²) < 4.78 is 18.1. The molecule has 1 aromatic heterocycles. The second-order valence-corrected chi connectivity index (χ2v) is 4.05. The number of methoxy groups -OCH3 is 1. The fourth-order valence-corrected chi connectivity index (χ4v) is 1.69. The Morgan fingerprint density at radius 2 is 2.32 bits per heavy atom. The van der Waals surface area contributed by atoms with Crippen LogP contribution in [0.2, 0.25) is 0 Å². The first-order valence-electron chi connectivity index (χ1n) is 5.69. The van der Waals surface area contributed by atoms with E-state index in [1.54, 1.807) is 19.4 Å². The van der Waals surface area contributed by atoms with E-state index < -0.39 is 5.82 Å². The Hall–Kier alpha value is -2.37. The minimum absolute atomic E-state index is 0.0530. The molecule has 1 heterocycles. The number of carbonyl (C=O) groups excluding carboxylic acids is 1. The zero-order valence-electron chi connectivity index (χ0n) is 10.7. The van der Waals surface area contributed by atoms with Crippen LogP contribution in [0.3, 0.4) is 0 Å². The second-order valence-electron chi connectivity index (χ2n) is 4.05. The highest BCUT2D eigenvalue weighted by Crippen LogP contribution is 2.19. The number of aromatic nitrogens is 2. The molecular formula is C13H14FN3O2. The van der Waals surface area contributed by atoms with Crippen LogP contribution in [0.5, 0.6) is 5.75 Å². The molecule has 0 aliphatic carbocycles. The lowest BCUT2D eigenvalue weighted by molar-refractivity contribution is 0.0781. The normalized spacial score (nSPS) is 10.3. The molecular weight excluding hydrogens is 249 g/mol. The fraction of sp³-hybridized carbons (Fsp3) is 0.231. The second kappa shape index (κ2) is 5.51. The first kappa shape index (κ1) is 13.1. The minimum atomic E-state index is -0.493. The van der Waals surface area contributed by atoms with E-state index in [0.29, 0.717) is 17.9 Å². The Balaban J connectivity index is 2.14. The van der Waals surface area contributed by atoms with Crippen LogP contribution < -0.4 is 4.74 Å². The largest absolute Gasteiger partial charge is 0.494 e. The van der Waals surface area contributed by atoms with E-state index in [9.17, 15) is 9.18 Å². The molecule has 0 atom stereocenters. The predicted molar refractivity (Wildman–Crippen MR) is 67.3 cm³/mol. The first-order valence-corrected chi connectivity index (χ1v) is 5.69. The summed E-state index contributed by atoms with van der Waals surface area (Å²) in [4.78, 5) is 20.6. The molecule has 0 radical (unpaired) electrons. The molecule has 0 unspecified atom stereocenters. The third-order valence-corrected chi connectivity index (χ3v) is 2.69. The molecule has 2 rings (SSSR count). The predicted octanol–water partition coefficient (Wildman–Crippen LogP) is 1.83. The minimum Gasteiger partial charge on any atom is -0.494 e. The molecule has 0 fully saturated rings. The van der Waals surface area contributed by atoms with Gasteiger partial charge in [-0.1, -0.05) is 0 Å². The van der Waals surface area contributed by atoms with Gasteiger partial charge in [0.2, 0.25) is 0 Å². The van der Waals surface area contributed by atoms with Gasteiger partial charge in [-0.2, -0.15) is 0 Å². The van der Waals surface area contributed by atoms with Crippen LogP contribution in [0.15, 0.2) is 30.6 Å². The summed E-state index contributed by atoms with van der Waals surface area (Å²) in [7, 11) is 3.01. The number of rotatable bonds is 4. The maximum absolute atomic E-state index is 13.3. The van der Waals surface area contributed by atoms with E-state index in [1.165, 1.54) is 30.2 Å². The summed E-state index contributed by atoms with van der Waals surface area (Å²) >= 11 is 0. The number of imidazole rings is 1. The molecule has 0 spiro atoms. The summed E-state index contributed by atoms with van der Waals surface area (Å²) in [6, 6.07) is 4.03. The highest BCUT2D eigenvalue weighted by Gasteiger charge is 2.15. The van der Waals surface area contributed by atoms with Crippen molar-refractivity contribution < 1.29 is 13.9 Å². The zero-order valence-corrected chi connectivity index (χ0v) is 10.7. The van der Waals surface area contributed by atoms with Gasteiger partial charge in [-0.25, -0.2) is 9.37 Å². The monoisotopic (exact) mass is 263 g/mol. The van der Waals surface area contributed by atoms with E-state index >= 15 is 0 Å². The maximum atomic E-state index is 13.3. The highest BCUT2D eigenvalue weighted by atomic mass is 19.1. The van der Waals surface area contributed by atoms with E-state index in [4.69, 9.17) is 4.74 Å². The molecule has 0 saturated heterocycles. The van der Waals surface area contributed by atoms with Gasteiger partial charge in [-0.15, -0.1) is 0 Å². The van der Waals surface area contributed by atoms with Gasteiger partial charge in [0.25, 0.3) is 5.91 Å². The topological polar surface area (TPSA) is 58.2 Å². The average Bonchev–Trinajstić information content (AvgIpc) is 2.91. The maximum Gasteiger partial charge on any atom is 0.254 e. The number of aromatic amines is 1. The third-order valence-electron chi connectivity index (χ3n) is 2.69. The summed E-state index contributed by atoms with van der Waals surface area (Å²) in [5, 5.41) is 0. The summed E-state index contributed by atoms with van der Waals surface area (Å²) in [5.74, 6) is 0.0182. The van der Waals surface area contributed by atoms with Gasteiger partial charge in [0.05, 0.1) is 13.7 Å². The van der Waals surface area contributed by atoms with Gasteiger partial charge in [-0.05, 0) is 18.2 Å². The van der Waals surface area contributed by atoms with E-state index in [2.05, 4.69) is 9.97 Å². The number of hydrogen-bond acceptors (Lipinski definition) is 3. The fourth-order valence-electron chi connectivity index (χ4n) is 1.69. The number of nitrogens with zero attached hydrogens (tertiary/aromatic N) is 2. The molecule has 5 nitrogen and oxygen atoms in total. The van der Waals surface area contributed by atoms with Gasteiger partial charge >= 0.3 is 0 Å². The summed E-state index contributed by atoms with van der Waals surface area (Å²) in [6.07, 6.45) is 3.31. The standard InChI is InChI=1S/C13H14FN3O2/c1-17(8-12-15-5-6-16-12)13(18)9-3-4-10(14)11(7-9)19-2/h3-7H,8H2,1-2H3,(H,15,16). The quantitative estimate of drug-likeness (QED) is 0.915. The molecule has 2 aromatic rings. The van der Waals surface area contributed by atoms with Gasteiger partial charge in [-0.3, -0.25) is 4.79 Å². The van der Waals surface area contributed by atoms with Crippen molar-refractivity contribution >= 4 is 5.91 Å². The molecule has 1 aromatic carbocycles. The third kappa shape index (κ3) is 2.90. The van der Waals surface area contributed by atoms with Crippen LogP contribution in [-0.4, -0.2) is 34.9 Å². The number of halogens is 1. The van der Waals surface area contributed by atoms with Crippen molar-refractivity contribution in [2.24, 2.45) is 0 Å². The van der Waals surface area contributed by atoms with Gasteiger partial charge < -0.3 is 14.6 Å². The number of benzene rings is 1. The van der Waals surface area contributed by atoms with Crippen molar-refractivity contribution in [2.75, 3.05) is 14.2 Å². The van der Waals surface area contributed by atoms with Crippen molar-refractivity contribution in [2.45, 2.75) is 6.54 Å². The molecule has 0 saturated carbocycles. The van der Waals surface area contributed by atoms with Crippen molar-refractivity contribution in [3.63, 3.8) is 0 Å². The van der Waals surface area contributed by atoms with Crippen LogP contribution in [0.25, 0.3) is 0 Å². The molecule has 0 aliphatic rings. The molecule has 1 amide bonds. The van der Waals surface area contributed by atoms with Crippen molar-refractivity contribution in [3.05, 3.63) is 47.8 Å². The summed E-state index contributed by atoms with van der Waals surface area (Å²) in [6.45, 7) is 0.353. The van der Waals surface area contributed by atoms with Crippen molar-refractivity contribution in [1.82, 2.24) is 14.9 Å². The Morgan fingerprint density at radius 3 is 2.95 bits per heavy atom. The number of H-pyrrole nitrogens is 1. The smallest absolute Gasteiger partial charge is 0.254 e. The molecule has 6 heteroatoms. The number of amides is 1. The van der Waals surface area contributed by atoms with Crippen LogP contribution in [-0.2, 0) is 6.54 Å². The summed E-state index contributed by atoms with van der Waals surface area (Å²) in [5.41, 5.74) is 0.368. The van der Waals surface area contributed by atoms with E-state index in [-0.39, 0.29) is 11.7 Å². The Kier molecular flexibility index (Phi) is 3.79. The number of ether oxygens (including phenoxy) is 1. The van der Waals surface area contributed by atoms with Crippen LogP contribution in [0.1, 0.15) is 16.2 Å². The lowest BCUT2D eigenvalue weighted by Gasteiger charge is -2.16. The molecule has 1 N–H and O–H groups in total. The van der Waals surface area contributed by atoms with Crippen molar-refractivity contribution in [1.29, 1.82) is 0 Å². The molecule has 0 bridgehead atoms. The first-order chi connectivity index (χ1) is 9.11. The highest BCUT2D eigenvalue weighted by molar-refractivity contribution is 5.94. The zero-order chi connectivity index (χ0) is 13.8. The van der Waals surface area contributed by atoms with E-state index in [1.807, 2.05) is 0 Å². The van der Waals surface area contributed by atoms with Gasteiger partial charge in [0, 0.05) is 25.0 Å². The van der Waals surface area contributed by atoms with Crippen LogP contribution in [0.4, 0.5) is 4.39 Å².